The fraction of sp³-hybridized carbons (Fsp3) is 0.895. The molecular weight excluding hydrogens is 290 g/mol. The van der Waals surface area contributed by atoms with Crippen LogP contribution in [0.2, 0.25) is 0 Å². The van der Waals surface area contributed by atoms with Crippen LogP contribution in [-0.2, 0) is 9.59 Å². The van der Waals surface area contributed by atoms with Crippen LogP contribution in [0.15, 0.2) is 0 Å². The first-order valence-electron chi connectivity index (χ1n) is 8.94. The molecule has 6 atom stereocenters. The van der Waals surface area contributed by atoms with Gasteiger partial charge in [0, 0.05) is 23.9 Å². The van der Waals surface area contributed by atoms with E-state index in [2.05, 4.69) is 33.0 Å². The second kappa shape index (κ2) is 9.41. The number of nitrogens with one attached hydrogen (secondary N) is 1. The SMILES string of the molecule is CC(C)NC(C)C(C)C(C(C)C(=O)O)C(C)C(C)C(=O)C(C)C. The molecule has 0 radical (unpaired) electrons. The average molecular weight is 328 g/mol. The number of rotatable bonds is 10. The molecule has 0 heterocycles. The number of aliphatic carboxylic acids is 1. The van der Waals surface area contributed by atoms with E-state index in [1.807, 2.05) is 27.7 Å². The average Bonchev–Trinajstić information content (AvgIpc) is 2.44. The summed E-state index contributed by atoms with van der Waals surface area (Å²) < 4.78 is 0. The molecule has 4 nitrogen and oxygen atoms in total. The van der Waals surface area contributed by atoms with E-state index < -0.39 is 11.9 Å². The van der Waals surface area contributed by atoms with Crippen LogP contribution < -0.4 is 5.32 Å². The molecular formula is C19H37NO3. The number of Topliss-reactive ketones (excluding diaryl/α,β-unsaturated/α-hetero) is 1. The van der Waals surface area contributed by atoms with Gasteiger partial charge in [0.2, 0.25) is 0 Å². The van der Waals surface area contributed by atoms with Gasteiger partial charge in [-0.05, 0) is 24.7 Å². The predicted octanol–water partition coefficient (Wildman–Crippen LogP) is 3.84. The summed E-state index contributed by atoms with van der Waals surface area (Å²) in [5, 5.41) is 13.0. The molecule has 0 saturated carbocycles. The third kappa shape index (κ3) is 6.25. The van der Waals surface area contributed by atoms with Crippen LogP contribution in [0.5, 0.6) is 0 Å². The van der Waals surface area contributed by atoms with Crippen molar-refractivity contribution in [1.29, 1.82) is 0 Å². The van der Waals surface area contributed by atoms with Gasteiger partial charge in [0.1, 0.15) is 5.78 Å². The van der Waals surface area contributed by atoms with Crippen LogP contribution in [0.4, 0.5) is 0 Å². The molecule has 2 N–H and O–H groups in total. The number of ketones is 1. The standard InChI is InChI=1S/C19H37NO3/c1-10(2)18(21)13(6)12(5)17(15(8)19(22)23)14(7)16(9)20-11(3)4/h10-17,20H,1-9H3,(H,22,23). The number of carbonyl (C=O) groups excluding carboxylic acids is 1. The lowest BCUT2D eigenvalue weighted by atomic mass is 9.67. The smallest absolute Gasteiger partial charge is 0.306 e. The Morgan fingerprint density at radius 1 is 0.783 bits per heavy atom. The highest BCUT2D eigenvalue weighted by atomic mass is 16.4. The lowest BCUT2D eigenvalue weighted by molar-refractivity contribution is -0.146. The van der Waals surface area contributed by atoms with Crippen molar-refractivity contribution in [2.24, 2.45) is 35.5 Å². The summed E-state index contributed by atoms with van der Waals surface area (Å²) >= 11 is 0. The van der Waals surface area contributed by atoms with Crippen molar-refractivity contribution in [3.05, 3.63) is 0 Å². The van der Waals surface area contributed by atoms with Crippen LogP contribution in [0.1, 0.15) is 62.3 Å². The molecule has 0 fully saturated rings. The lowest BCUT2D eigenvalue weighted by Gasteiger charge is -2.39. The largest absolute Gasteiger partial charge is 0.481 e. The summed E-state index contributed by atoms with van der Waals surface area (Å²) in [6, 6.07) is 0.545. The van der Waals surface area contributed by atoms with Gasteiger partial charge in [0.05, 0.1) is 5.92 Å². The summed E-state index contributed by atoms with van der Waals surface area (Å²) in [6.07, 6.45) is 0. The minimum Gasteiger partial charge on any atom is -0.481 e. The molecule has 0 aliphatic carbocycles. The van der Waals surface area contributed by atoms with Gasteiger partial charge < -0.3 is 10.4 Å². The molecule has 0 amide bonds. The van der Waals surface area contributed by atoms with Crippen LogP contribution >= 0.6 is 0 Å². The second-order valence-corrected chi connectivity index (χ2v) is 7.88. The van der Waals surface area contributed by atoms with E-state index in [9.17, 15) is 14.7 Å². The van der Waals surface area contributed by atoms with E-state index in [4.69, 9.17) is 0 Å². The van der Waals surface area contributed by atoms with Gasteiger partial charge in [-0.25, -0.2) is 0 Å². The Hall–Kier alpha value is -0.900. The first-order chi connectivity index (χ1) is 10.4. The molecule has 23 heavy (non-hydrogen) atoms. The van der Waals surface area contributed by atoms with Gasteiger partial charge in [-0.2, -0.15) is 0 Å². The Bertz CT molecular complexity index is 392. The van der Waals surface area contributed by atoms with Crippen LogP contribution in [0.3, 0.4) is 0 Å². The maximum atomic E-state index is 12.4. The number of carboxylic acid groups (broad SMARTS) is 1. The minimum absolute atomic E-state index is 0.0187. The van der Waals surface area contributed by atoms with Crippen molar-refractivity contribution < 1.29 is 14.7 Å². The van der Waals surface area contributed by atoms with E-state index in [-0.39, 0.29) is 41.4 Å². The molecule has 0 saturated heterocycles. The molecule has 6 unspecified atom stereocenters. The van der Waals surface area contributed by atoms with E-state index in [1.54, 1.807) is 6.92 Å². The topological polar surface area (TPSA) is 66.4 Å². The van der Waals surface area contributed by atoms with Crippen LogP contribution in [0, 0.1) is 35.5 Å². The number of hydrogen-bond acceptors (Lipinski definition) is 3. The third-order valence-electron chi connectivity index (χ3n) is 5.37. The molecule has 136 valence electrons. The van der Waals surface area contributed by atoms with Crippen molar-refractivity contribution in [1.82, 2.24) is 5.32 Å². The quantitative estimate of drug-likeness (QED) is 0.640. The summed E-state index contributed by atoms with van der Waals surface area (Å²) in [7, 11) is 0. The van der Waals surface area contributed by atoms with Crippen LogP contribution in [0.25, 0.3) is 0 Å². The third-order valence-corrected chi connectivity index (χ3v) is 5.37. The number of carbonyl (C=O) groups is 2. The predicted molar refractivity (Wildman–Crippen MR) is 95.4 cm³/mol. The zero-order valence-corrected chi connectivity index (χ0v) is 16.4. The maximum absolute atomic E-state index is 12.4. The second-order valence-electron chi connectivity index (χ2n) is 7.88. The molecule has 0 aromatic rings. The molecule has 4 heteroatoms. The zero-order valence-electron chi connectivity index (χ0n) is 16.4. The fourth-order valence-electron chi connectivity index (χ4n) is 3.68. The summed E-state index contributed by atoms with van der Waals surface area (Å²) in [6.45, 7) is 18.0. The zero-order chi connectivity index (χ0) is 18.5. The van der Waals surface area contributed by atoms with Gasteiger partial charge >= 0.3 is 5.97 Å². The van der Waals surface area contributed by atoms with Crippen molar-refractivity contribution in [2.75, 3.05) is 0 Å². The highest BCUT2D eigenvalue weighted by molar-refractivity contribution is 5.82. The normalized spacial score (nSPS) is 20.0. The molecule has 0 rings (SSSR count). The fourth-order valence-corrected chi connectivity index (χ4v) is 3.68. The van der Waals surface area contributed by atoms with E-state index in [0.717, 1.165) is 0 Å². The van der Waals surface area contributed by atoms with Gasteiger partial charge in [-0.15, -0.1) is 0 Å². The Morgan fingerprint density at radius 2 is 1.26 bits per heavy atom. The van der Waals surface area contributed by atoms with Crippen molar-refractivity contribution in [2.45, 2.75) is 74.4 Å². The van der Waals surface area contributed by atoms with Crippen molar-refractivity contribution >= 4 is 11.8 Å². The Labute approximate surface area is 142 Å². The monoisotopic (exact) mass is 327 g/mol. The molecule has 0 aromatic heterocycles. The first-order valence-corrected chi connectivity index (χ1v) is 8.94. The van der Waals surface area contributed by atoms with Gasteiger partial charge in [-0.3, -0.25) is 9.59 Å². The number of hydrogen-bond donors (Lipinski definition) is 2. The highest BCUT2D eigenvalue weighted by Gasteiger charge is 2.39. The molecule has 0 aliphatic rings. The first kappa shape index (κ1) is 22.1. The molecule has 0 bridgehead atoms. The minimum atomic E-state index is -0.783. The molecule has 0 aromatic carbocycles. The van der Waals surface area contributed by atoms with E-state index in [0.29, 0.717) is 6.04 Å². The Balaban J connectivity index is 5.44. The summed E-state index contributed by atoms with van der Waals surface area (Å²) in [4.78, 5) is 24.0. The lowest BCUT2D eigenvalue weighted by Crippen LogP contribution is -2.46. The van der Waals surface area contributed by atoms with Gasteiger partial charge in [0.25, 0.3) is 0 Å². The summed E-state index contributed by atoms with van der Waals surface area (Å²) in [5.41, 5.74) is 0. The molecule has 0 spiro atoms. The van der Waals surface area contributed by atoms with Gasteiger partial charge in [0.15, 0.2) is 0 Å². The summed E-state index contributed by atoms with van der Waals surface area (Å²) in [5.74, 6) is -1.04. The van der Waals surface area contributed by atoms with Crippen LogP contribution in [-0.4, -0.2) is 28.9 Å². The maximum Gasteiger partial charge on any atom is 0.306 e. The Morgan fingerprint density at radius 3 is 1.61 bits per heavy atom. The van der Waals surface area contributed by atoms with Crippen molar-refractivity contribution in [3.8, 4) is 0 Å². The van der Waals surface area contributed by atoms with E-state index in [1.165, 1.54) is 0 Å². The molecule has 0 aliphatic heterocycles. The van der Waals surface area contributed by atoms with E-state index >= 15 is 0 Å². The highest BCUT2D eigenvalue weighted by Crippen LogP contribution is 2.36. The van der Waals surface area contributed by atoms with Gasteiger partial charge in [-0.1, -0.05) is 55.4 Å². The van der Waals surface area contributed by atoms with Crippen molar-refractivity contribution in [3.63, 3.8) is 0 Å². The number of carboxylic acids is 1. The Kier molecular flexibility index (Phi) is 9.04.